The number of nitrogens with zero attached hydrogens (tertiary/aromatic N) is 4. The van der Waals surface area contributed by atoms with Crippen molar-refractivity contribution in [2.24, 2.45) is 0 Å². The molecule has 19 heavy (non-hydrogen) atoms. The van der Waals surface area contributed by atoms with Crippen molar-refractivity contribution >= 4 is 5.82 Å². The predicted octanol–water partition coefficient (Wildman–Crippen LogP) is 2.74. The van der Waals surface area contributed by atoms with Gasteiger partial charge in [-0.3, -0.25) is 0 Å². The minimum Gasteiger partial charge on any atom is -0.370 e. The zero-order valence-corrected chi connectivity index (χ0v) is 11.8. The Balaban J connectivity index is 2.48. The Kier molecular flexibility index (Phi) is 4.49. The van der Waals surface area contributed by atoms with Crippen LogP contribution in [-0.2, 0) is 13.0 Å². The molecule has 5 heteroatoms. The fourth-order valence-electron chi connectivity index (χ4n) is 2.21. The van der Waals surface area contributed by atoms with Gasteiger partial charge in [-0.1, -0.05) is 13.8 Å². The molecule has 1 N–H and O–H groups in total. The van der Waals surface area contributed by atoms with E-state index < -0.39 is 0 Å². The van der Waals surface area contributed by atoms with Gasteiger partial charge in [0.2, 0.25) is 0 Å². The molecular weight excluding hydrogens is 238 g/mol. The van der Waals surface area contributed by atoms with Crippen molar-refractivity contribution in [2.45, 2.75) is 40.2 Å². The maximum absolute atomic E-state index is 4.46. The molecule has 0 saturated heterocycles. The van der Waals surface area contributed by atoms with Crippen LogP contribution in [0.4, 0.5) is 5.82 Å². The van der Waals surface area contributed by atoms with Gasteiger partial charge in [0.1, 0.15) is 17.8 Å². The van der Waals surface area contributed by atoms with Crippen molar-refractivity contribution in [2.75, 3.05) is 11.9 Å². The van der Waals surface area contributed by atoms with Gasteiger partial charge in [0, 0.05) is 31.0 Å². The summed E-state index contributed by atoms with van der Waals surface area (Å²) in [5.74, 6) is 1.85. The molecule has 0 aliphatic rings. The van der Waals surface area contributed by atoms with Gasteiger partial charge in [0.05, 0.1) is 0 Å². The van der Waals surface area contributed by atoms with Crippen molar-refractivity contribution in [1.82, 2.24) is 19.5 Å². The fourth-order valence-corrected chi connectivity index (χ4v) is 2.21. The quantitative estimate of drug-likeness (QED) is 0.866. The first-order valence-corrected chi connectivity index (χ1v) is 6.91. The first kappa shape index (κ1) is 13.5. The second-order valence-corrected chi connectivity index (χ2v) is 4.38. The molecule has 102 valence electrons. The van der Waals surface area contributed by atoms with Crippen LogP contribution >= 0.6 is 0 Å². The highest BCUT2D eigenvalue weighted by molar-refractivity contribution is 5.63. The van der Waals surface area contributed by atoms with E-state index in [0.29, 0.717) is 0 Å². The minimum absolute atomic E-state index is 0.854. The maximum Gasteiger partial charge on any atom is 0.159 e. The lowest BCUT2D eigenvalue weighted by Crippen LogP contribution is -2.08. The highest BCUT2D eigenvalue weighted by Crippen LogP contribution is 2.25. The molecular formula is C14H21N5. The summed E-state index contributed by atoms with van der Waals surface area (Å²) >= 11 is 0. The van der Waals surface area contributed by atoms with Gasteiger partial charge in [-0.05, 0) is 19.8 Å². The molecule has 0 fully saturated rings. The standard InChI is InChI=1S/C14H21N5/c1-4-8-19-9-7-16-14(19)12-11(5-2)13(15-6-3)18-10-17-12/h7,9-10H,4-6,8H2,1-3H3,(H,15,17,18). The Bertz CT molecular complexity index is 532. The number of anilines is 1. The van der Waals surface area contributed by atoms with Crippen molar-refractivity contribution in [3.8, 4) is 11.5 Å². The zero-order chi connectivity index (χ0) is 13.7. The summed E-state index contributed by atoms with van der Waals surface area (Å²) in [7, 11) is 0. The normalized spacial score (nSPS) is 10.7. The van der Waals surface area contributed by atoms with E-state index in [1.807, 2.05) is 12.4 Å². The van der Waals surface area contributed by atoms with Gasteiger partial charge in [-0.25, -0.2) is 15.0 Å². The number of hydrogen-bond donors (Lipinski definition) is 1. The second-order valence-electron chi connectivity index (χ2n) is 4.38. The van der Waals surface area contributed by atoms with E-state index in [1.165, 1.54) is 0 Å². The molecule has 2 rings (SSSR count). The zero-order valence-electron chi connectivity index (χ0n) is 11.8. The summed E-state index contributed by atoms with van der Waals surface area (Å²) in [6, 6.07) is 0. The van der Waals surface area contributed by atoms with Crippen LogP contribution in [-0.4, -0.2) is 26.1 Å². The van der Waals surface area contributed by atoms with Gasteiger partial charge < -0.3 is 9.88 Å². The molecule has 5 nitrogen and oxygen atoms in total. The largest absolute Gasteiger partial charge is 0.370 e. The van der Waals surface area contributed by atoms with Crippen LogP contribution in [0, 0.1) is 0 Å². The number of aryl methyl sites for hydroxylation is 1. The summed E-state index contributed by atoms with van der Waals surface area (Å²) in [4.78, 5) is 13.2. The van der Waals surface area contributed by atoms with Gasteiger partial charge in [-0.2, -0.15) is 0 Å². The van der Waals surface area contributed by atoms with E-state index in [9.17, 15) is 0 Å². The molecule has 0 atom stereocenters. The summed E-state index contributed by atoms with van der Waals surface area (Å²) in [6.45, 7) is 8.16. The molecule has 0 radical (unpaired) electrons. The molecule has 0 aromatic carbocycles. The molecule has 0 unspecified atom stereocenters. The van der Waals surface area contributed by atoms with E-state index in [-0.39, 0.29) is 0 Å². The van der Waals surface area contributed by atoms with Gasteiger partial charge >= 0.3 is 0 Å². The first-order chi connectivity index (χ1) is 9.31. The third-order valence-electron chi connectivity index (χ3n) is 3.03. The maximum atomic E-state index is 4.46. The highest BCUT2D eigenvalue weighted by atomic mass is 15.1. The Morgan fingerprint density at radius 1 is 1.16 bits per heavy atom. The first-order valence-electron chi connectivity index (χ1n) is 6.91. The Hall–Kier alpha value is -1.91. The molecule has 2 aromatic heterocycles. The van der Waals surface area contributed by atoms with Gasteiger partial charge in [0.15, 0.2) is 5.82 Å². The van der Waals surface area contributed by atoms with Crippen LogP contribution in [0.5, 0.6) is 0 Å². The Morgan fingerprint density at radius 3 is 2.68 bits per heavy atom. The monoisotopic (exact) mass is 259 g/mol. The molecule has 0 bridgehead atoms. The van der Waals surface area contributed by atoms with Crippen molar-refractivity contribution in [1.29, 1.82) is 0 Å². The van der Waals surface area contributed by atoms with Gasteiger partial charge in [-0.15, -0.1) is 0 Å². The van der Waals surface area contributed by atoms with Crippen LogP contribution < -0.4 is 5.32 Å². The molecule has 2 heterocycles. The number of rotatable bonds is 6. The summed E-state index contributed by atoms with van der Waals surface area (Å²) in [5, 5.41) is 3.29. The Labute approximate surface area is 114 Å². The third-order valence-corrected chi connectivity index (χ3v) is 3.03. The molecule has 0 spiro atoms. The minimum atomic E-state index is 0.854. The number of nitrogens with one attached hydrogen (secondary N) is 1. The lowest BCUT2D eigenvalue weighted by molar-refractivity contribution is 0.683. The van der Waals surface area contributed by atoms with Crippen LogP contribution in [0.3, 0.4) is 0 Å². The van der Waals surface area contributed by atoms with Crippen molar-refractivity contribution in [3.63, 3.8) is 0 Å². The van der Waals surface area contributed by atoms with E-state index >= 15 is 0 Å². The lowest BCUT2D eigenvalue weighted by atomic mass is 10.1. The van der Waals surface area contributed by atoms with E-state index in [4.69, 9.17) is 0 Å². The number of imidazole rings is 1. The molecule has 0 aliphatic carbocycles. The summed E-state index contributed by atoms with van der Waals surface area (Å²) in [6.07, 6.45) is 7.41. The lowest BCUT2D eigenvalue weighted by Gasteiger charge is -2.13. The smallest absolute Gasteiger partial charge is 0.159 e. The summed E-state index contributed by atoms with van der Waals surface area (Å²) in [5.41, 5.74) is 2.07. The third kappa shape index (κ3) is 2.75. The van der Waals surface area contributed by atoms with Crippen molar-refractivity contribution in [3.05, 3.63) is 24.3 Å². The average molecular weight is 259 g/mol. The highest BCUT2D eigenvalue weighted by Gasteiger charge is 2.15. The van der Waals surface area contributed by atoms with E-state index in [1.54, 1.807) is 6.33 Å². The molecule has 0 aliphatic heterocycles. The van der Waals surface area contributed by atoms with Crippen LogP contribution in [0.25, 0.3) is 11.5 Å². The summed E-state index contributed by atoms with van der Waals surface area (Å²) < 4.78 is 2.15. The van der Waals surface area contributed by atoms with Crippen LogP contribution in [0.1, 0.15) is 32.8 Å². The average Bonchev–Trinajstić information content (AvgIpc) is 2.87. The van der Waals surface area contributed by atoms with Crippen molar-refractivity contribution < 1.29 is 0 Å². The molecule has 0 amide bonds. The topological polar surface area (TPSA) is 55.6 Å². The van der Waals surface area contributed by atoms with Gasteiger partial charge in [0.25, 0.3) is 0 Å². The molecule has 2 aromatic rings. The SMILES string of the molecule is CCCn1ccnc1-c1ncnc(NCC)c1CC. The Morgan fingerprint density at radius 2 is 2.00 bits per heavy atom. The van der Waals surface area contributed by atoms with E-state index in [2.05, 4.69) is 45.6 Å². The van der Waals surface area contributed by atoms with Crippen LogP contribution in [0.15, 0.2) is 18.7 Å². The molecule has 0 saturated carbocycles. The van der Waals surface area contributed by atoms with E-state index in [0.717, 1.165) is 48.8 Å². The van der Waals surface area contributed by atoms with Crippen LogP contribution in [0.2, 0.25) is 0 Å². The number of hydrogen-bond acceptors (Lipinski definition) is 4. The number of aromatic nitrogens is 4. The predicted molar refractivity (Wildman–Crippen MR) is 77.1 cm³/mol. The fraction of sp³-hybridized carbons (Fsp3) is 0.500. The second kappa shape index (κ2) is 6.31.